The van der Waals surface area contributed by atoms with E-state index in [1.807, 2.05) is 6.92 Å². The summed E-state index contributed by atoms with van der Waals surface area (Å²) < 4.78 is 0. The molecule has 1 aromatic rings. The normalized spacial score (nSPS) is 24.2. The van der Waals surface area contributed by atoms with Gasteiger partial charge in [-0.05, 0) is 45.7 Å². The van der Waals surface area contributed by atoms with E-state index in [4.69, 9.17) is 0 Å². The largest absolute Gasteiger partial charge is 0.478 e. The van der Waals surface area contributed by atoms with Crippen LogP contribution in [0.15, 0.2) is 12.1 Å². The number of carboxylic acids is 1. The van der Waals surface area contributed by atoms with Crippen LogP contribution in [0.25, 0.3) is 0 Å². The topological polar surface area (TPSA) is 65.5 Å². The first kappa shape index (κ1) is 13.8. The van der Waals surface area contributed by atoms with Gasteiger partial charge in [0.1, 0.15) is 5.56 Å². The molecule has 2 atom stereocenters. The van der Waals surface area contributed by atoms with E-state index in [9.17, 15) is 9.90 Å². The third-order valence-corrected chi connectivity index (χ3v) is 3.69. The predicted octanol–water partition coefficient (Wildman–Crippen LogP) is 2.68. The zero-order valence-corrected chi connectivity index (χ0v) is 11.7. The fourth-order valence-electron chi connectivity index (χ4n) is 2.58. The van der Waals surface area contributed by atoms with Crippen molar-refractivity contribution in [3.8, 4) is 0 Å². The molecule has 1 fully saturated rings. The molecule has 19 heavy (non-hydrogen) atoms. The molecule has 104 valence electrons. The Hall–Kier alpha value is -1.62. The number of aryl methyl sites for hydroxylation is 1. The number of aromatic nitrogens is 1. The molecule has 1 aliphatic rings. The summed E-state index contributed by atoms with van der Waals surface area (Å²) in [7, 11) is 0. The quantitative estimate of drug-likeness (QED) is 0.877. The highest BCUT2D eigenvalue weighted by atomic mass is 16.4. The third kappa shape index (κ3) is 3.04. The molecule has 2 heterocycles. The lowest BCUT2D eigenvalue weighted by atomic mass is 10.00. The number of pyridine rings is 1. The highest BCUT2D eigenvalue weighted by molar-refractivity contribution is 5.93. The smallest absolute Gasteiger partial charge is 0.339 e. The van der Waals surface area contributed by atoms with Crippen LogP contribution in [-0.2, 0) is 0 Å². The van der Waals surface area contributed by atoms with Gasteiger partial charge >= 0.3 is 5.97 Å². The van der Waals surface area contributed by atoms with E-state index in [1.165, 1.54) is 6.42 Å². The number of aromatic carboxylic acids is 1. The third-order valence-electron chi connectivity index (χ3n) is 3.69. The monoisotopic (exact) mass is 263 g/mol. The van der Waals surface area contributed by atoms with Crippen molar-refractivity contribution in [3.63, 3.8) is 0 Å². The Kier molecular flexibility index (Phi) is 4.04. The van der Waals surface area contributed by atoms with Gasteiger partial charge in [-0.2, -0.15) is 0 Å². The highest BCUT2D eigenvalue weighted by Crippen LogP contribution is 2.24. The fraction of sp³-hybridized carbons (Fsp3) is 0.571. The Morgan fingerprint density at radius 3 is 2.58 bits per heavy atom. The van der Waals surface area contributed by atoms with Gasteiger partial charge in [-0.3, -0.25) is 0 Å². The van der Waals surface area contributed by atoms with E-state index in [0.29, 0.717) is 17.9 Å². The van der Waals surface area contributed by atoms with Gasteiger partial charge in [-0.15, -0.1) is 0 Å². The number of hydrazine groups is 1. The van der Waals surface area contributed by atoms with E-state index < -0.39 is 5.97 Å². The summed E-state index contributed by atoms with van der Waals surface area (Å²) in [5.74, 6) is -0.514. The molecule has 5 nitrogen and oxygen atoms in total. The molecule has 0 bridgehead atoms. The summed E-state index contributed by atoms with van der Waals surface area (Å²) in [5, 5.41) is 11.3. The van der Waals surface area contributed by atoms with Crippen molar-refractivity contribution in [3.05, 3.63) is 23.4 Å². The summed E-state index contributed by atoms with van der Waals surface area (Å²) in [6.07, 6.45) is 3.45. The molecule has 0 radical (unpaired) electrons. The van der Waals surface area contributed by atoms with Gasteiger partial charge in [-0.1, -0.05) is 6.42 Å². The van der Waals surface area contributed by atoms with Gasteiger partial charge in [0.25, 0.3) is 0 Å². The fourth-order valence-corrected chi connectivity index (χ4v) is 2.58. The second-order valence-electron chi connectivity index (χ2n) is 5.30. The van der Waals surface area contributed by atoms with Gasteiger partial charge in [0.15, 0.2) is 5.82 Å². The Bertz CT molecular complexity index is 466. The Morgan fingerprint density at radius 1 is 1.37 bits per heavy atom. The lowest BCUT2D eigenvalue weighted by Gasteiger charge is -2.39. The van der Waals surface area contributed by atoms with Crippen LogP contribution in [0.2, 0.25) is 0 Å². The molecule has 0 aromatic carbocycles. The molecule has 0 aliphatic carbocycles. The van der Waals surface area contributed by atoms with E-state index in [-0.39, 0.29) is 5.56 Å². The van der Waals surface area contributed by atoms with E-state index in [2.05, 4.69) is 29.3 Å². The van der Waals surface area contributed by atoms with Crippen molar-refractivity contribution in [2.24, 2.45) is 0 Å². The van der Waals surface area contributed by atoms with Crippen molar-refractivity contribution in [1.29, 1.82) is 0 Å². The first-order chi connectivity index (χ1) is 8.99. The van der Waals surface area contributed by atoms with Crippen LogP contribution in [0.4, 0.5) is 5.82 Å². The van der Waals surface area contributed by atoms with Gasteiger partial charge in [0.05, 0.1) is 0 Å². The molecule has 0 spiro atoms. The Labute approximate surface area is 113 Å². The summed E-state index contributed by atoms with van der Waals surface area (Å²) in [4.78, 5) is 15.6. The summed E-state index contributed by atoms with van der Waals surface area (Å²) in [6, 6.07) is 4.09. The van der Waals surface area contributed by atoms with Crippen molar-refractivity contribution >= 4 is 11.8 Å². The molecule has 0 amide bonds. The number of hydrogen-bond acceptors (Lipinski definition) is 4. The zero-order valence-electron chi connectivity index (χ0n) is 11.7. The summed E-state index contributed by atoms with van der Waals surface area (Å²) >= 11 is 0. The summed E-state index contributed by atoms with van der Waals surface area (Å²) in [5.41, 5.74) is 4.24. The highest BCUT2D eigenvalue weighted by Gasteiger charge is 2.26. The maximum absolute atomic E-state index is 11.2. The molecule has 0 saturated carbocycles. The zero-order chi connectivity index (χ0) is 14.0. The second kappa shape index (κ2) is 5.57. The van der Waals surface area contributed by atoms with Crippen LogP contribution in [0.5, 0.6) is 0 Å². The average Bonchev–Trinajstić information content (AvgIpc) is 2.33. The number of anilines is 1. The van der Waals surface area contributed by atoms with Crippen molar-refractivity contribution in [2.75, 3.05) is 5.43 Å². The Morgan fingerprint density at radius 2 is 2.00 bits per heavy atom. The maximum atomic E-state index is 11.2. The number of carboxylic acid groups (broad SMARTS) is 1. The van der Waals surface area contributed by atoms with Crippen molar-refractivity contribution in [2.45, 2.75) is 52.1 Å². The lowest BCUT2D eigenvalue weighted by molar-refractivity contribution is 0.0695. The average molecular weight is 263 g/mol. The molecular formula is C14H21N3O2. The molecule has 5 heteroatoms. The summed E-state index contributed by atoms with van der Waals surface area (Å²) in [6.45, 7) is 6.16. The number of rotatable bonds is 3. The number of piperidine rings is 1. The number of nitrogens with one attached hydrogen (secondary N) is 1. The second-order valence-corrected chi connectivity index (χ2v) is 5.30. The van der Waals surface area contributed by atoms with Gasteiger partial charge < -0.3 is 10.5 Å². The first-order valence-electron chi connectivity index (χ1n) is 6.75. The van der Waals surface area contributed by atoms with Crippen molar-refractivity contribution < 1.29 is 9.90 Å². The standard InChI is InChI=1S/C14H21N3O2/c1-9-7-8-12(14(18)19)13(15-9)16-17-10(2)5-4-6-11(17)3/h7-8,10-11H,4-6H2,1-3H3,(H,15,16)(H,18,19). The van der Waals surface area contributed by atoms with Crippen LogP contribution < -0.4 is 5.43 Å². The molecule has 1 saturated heterocycles. The maximum Gasteiger partial charge on any atom is 0.339 e. The van der Waals surface area contributed by atoms with E-state index in [1.54, 1.807) is 12.1 Å². The van der Waals surface area contributed by atoms with Gasteiger partial charge in [-0.25, -0.2) is 14.8 Å². The Balaban J connectivity index is 2.26. The van der Waals surface area contributed by atoms with Crippen LogP contribution in [0.3, 0.4) is 0 Å². The number of hydrogen-bond donors (Lipinski definition) is 2. The molecule has 1 aromatic heterocycles. The molecule has 1 aliphatic heterocycles. The number of carbonyl (C=O) groups is 1. The minimum Gasteiger partial charge on any atom is -0.478 e. The van der Waals surface area contributed by atoms with Crippen molar-refractivity contribution in [1.82, 2.24) is 9.99 Å². The van der Waals surface area contributed by atoms with E-state index >= 15 is 0 Å². The molecule has 2 N–H and O–H groups in total. The van der Waals surface area contributed by atoms with Crippen LogP contribution in [0, 0.1) is 6.92 Å². The number of nitrogens with zero attached hydrogens (tertiary/aromatic N) is 2. The molecule has 2 rings (SSSR count). The van der Waals surface area contributed by atoms with Crippen LogP contribution in [0.1, 0.15) is 49.2 Å². The first-order valence-corrected chi connectivity index (χ1v) is 6.75. The molecular weight excluding hydrogens is 242 g/mol. The minimum absolute atomic E-state index is 0.218. The van der Waals surface area contributed by atoms with Crippen LogP contribution in [-0.4, -0.2) is 33.2 Å². The van der Waals surface area contributed by atoms with Gasteiger partial charge in [0.2, 0.25) is 0 Å². The molecule has 2 unspecified atom stereocenters. The van der Waals surface area contributed by atoms with E-state index in [0.717, 1.165) is 18.5 Å². The van der Waals surface area contributed by atoms with Gasteiger partial charge in [0, 0.05) is 17.8 Å². The predicted molar refractivity (Wildman–Crippen MR) is 74.2 cm³/mol. The van der Waals surface area contributed by atoms with Crippen LogP contribution >= 0.6 is 0 Å². The lowest BCUT2D eigenvalue weighted by Crippen LogP contribution is -2.47. The minimum atomic E-state index is -0.952. The SMILES string of the molecule is Cc1ccc(C(=O)O)c(NN2C(C)CCCC2C)n1.